The van der Waals surface area contributed by atoms with Crippen LogP contribution in [0.5, 0.6) is 11.5 Å². The van der Waals surface area contributed by atoms with Crippen LogP contribution in [0.3, 0.4) is 0 Å². The third-order valence-corrected chi connectivity index (χ3v) is 7.15. The zero-order chi connectivity index (χ0) is 23.2. The standard InChI is InChI=1S/C26H28ClN3O3/c1-16-4-5-18(33-15-17-8-11-30(17)2)12-21(16)25(31)29-26(9-10-26)22-13-19(32-3)14-23-20(22)6-7-24(27)28-23/h4-7,12-14,17H,8-11,15H2,1-3H3,(H,29,31)/t17-/m0/s1. The van der Waals surface area contributed by atoms with Gasteiger partial charge in [-0.1, -0.05) is 17.7 Å². The lowest BCUT2D eigenvalue weighted by molar-refractivity contribution is 0.0767. The normalized spacial score (nSPS) is 19.1. The molecule has 1 atom stereocenters. The molecular formula is C26H28ClN3O3. The van der Waals surface area contributed by atoms with Crippen molar-refractivity contribution in [1.82, 2.24) is 15.2 Å². The third-order valence-electron chi connectivity index (χ3n) is 6.93. The summed E-state index contributed by atoms with van der Waals surface area (Å²) in [5, 5.41) is 4.70. The fourth-order valence-corrected chi connectivity index (χ4v) is 4.63. The smallest absolute Gasteiger partial charge is 0.252 e. The average molecular weight is 466 g/mol. The molecule has 1 amide bonds. The number of aryl methyl sites for hydroxylation is 1. The predicted molar refractivity (Wildman–Crippen MR) is 129 cm³/mol. The number of nitrogens with one attached hydrogen (secondary N) is 1. The van der Waals surface area contributed by atoms with E-state index in [1.807, 2.05) is 43.3 Å². The van der Waals surface area contributed by atoms with Gasteiger partial charge in [0.1, 0.15) is 23.3 Å². The largest absolute Gasteiger partial charge is 0.497 e. The molecule has 1 aliphatic heterocycles. The van der Waals surface area contributed by atoms with Crippen molar-refractivity contribution in [2.24, 2.45) is 0 Å². The van der Waals surface area contributed by atoms with Crippen LogP contribution in [-0.2, 0) is 5.54 Å². The molecule has 1 saturated carbocycles. The molecule has 1 N–H and O–H groups in total. The Balaban J connectivity index is 1.41. The first-order valence-electron chi connectivity index (χ1n) is 11.3. The number of hydrogen-bond acceptors (Lipinski definition) is 5. The van der Waals surface area contributed by atoms with E-state index in [1.54, 1.807) is 13.2 Å². The molecule has 3 aromatic rings. The van der Waals surface area contributed by atoms with E-state index in [1.165, 1.54) is 0 Å². The number of likely N-dealkylation sites (N-methyl/N-ethyl adjacent to an activating group) is 1. The molecule has 2 heterocycles. The number of aromatic nitrogens is 1. The molecule has 2 aliphatic rings. The van der Waals surface area contributed by atoms with E-state index in [4.69, 9.17) is 21.1 Å². The molecule has 1 aliphatic carbocycles. The van der Waals surface area contributed by atoms with Gasteiger partial charge in [-0.3, -0.25) is 9.69 Å². The molecule has 0 radical (unpaired) electrons. The highest BCUT2D eigenvalue weighted by atomic mass is 35.5. The maximum atomic E-state index is 13.4. The second kappa shape index (κ2) is 8.50. The van der Waals surface area contributed by atoms with Crippen molar-refractivity contribution in [2.75, 3.05) is 27.3 Å². The maximum absolute atomic E-state index is 13.4. The van der Waals surface area contributed by atoms with Crippen LogP contribution in [0.2, 0.25) is 5.15 Å². The number of hydrogen-bond donors (Lipinski definition) is 1. The topological polar surface area (TPSA) is 63.7 Å². The number of carbonyl (C=O) groups is 1. The lowest BCUT2D eigenvalue weighted by atomic mass is 9.97. The fourth-order valence-electron chi connectivity index (χ4n) is 4.48. The highest BCUT2D eigenvalue weighted by Gasteiger charge is 2.47. The summed E-state index contributed by atoms with van der Waals surface area (Å²) in [6, 6.07) is 13.8. The van der Waals surface area contributed by atoms with Gasteiger partial charge in [0, 0.05) is 23.1 Å². The van der Waals surface area contributed by atoms with Crippen LogP contribution in [0.1, 0.15) is 40.7 Å². The molecule has 2 aromatic carbocycles. The summed E-state index contributed by atoms with van der Waals surface area (Å²) in [7, 11) is 3.73. The van der Waals surface area contributed by atoms with Crippen LogP contribution in [0.25, 0.3) is 10.9 Å². The monoisotopic (exact) mass is 465 g/mol. The first kappa shape index (κ1) is 22.0. The highest BCUT2D eigenvalue weighted by Crippen LogP contribution is 2.49. The van der Waals surface area contributed by atoms with E-state index >= 15 is 0 Å². The maximum Gasteiger partial charge on any atom is 0.252 e. The van der Waals surface area contributed by atoms with Crippen LogP contribution in [0.15, 0.2) is 42.5 Å². The second-order valence-corrected chi connectivity index (χ2v) is 9.51. The second-order valence-electron chi connectivity index (χ2n) is 9.12. The number of ether oxygens (including phenoxy) is 2. The number of nitrogens with zero attached hydrogens (tertiary/aromatic N) is 2. The van der Waals surface area contributed by atoms with Gasteiger partial charge in [0.05, 0.1) is 18.2 Å². The number of methoxy groups -OCH3 is 1. The van der Waals surface area contributed by atoms with E-state index in [0.29, 0.717) is 29.1 Å². The highest BCUT2D eigenvalue weighted by molar-refractivity contribution is 6.29. The van der Waals surface area contributed by atoms with E-state index in [-0.39, 0.29) is 5.91 Å². The Morgan fingerprint density at radius 1 is 1.21 bits per heavy atom. The Morgan fingerprint density at radius 2 is 2.03 bits per heavy atom. The van der Waals surface area contributed by atoms with Crippen molar-refractivity contribution in [2.45, 2.75) is 37.8 Å². The average Bonchev–Trinajstić information content (AvgIpc) is 3.58. The molecule has 2 fully saturated rings. The van der Waals surface area contributed by atoms with Crippen LogP contribution in [-0.4, -0.2) is 49.1 Å². The summed E-state index contributed by atoms with van der Waals surface area (Å²) < 4.78 is 11.5. The summed E-state index contributed by atoms with van der Waals surface area (Å²) >= 11 is 6.12. The summed E-state index contributed by atoms with van der Waals surface area (Å²) in [4.78, 5) is 20.1. The number of pyridine rings is 1. The first-order valence-corrected chi connectivity index (χ1v) is 11.7. The fraction of sp³-hybridized carbons (Fsp3) is 0.385. The number of rotatable bonds is 7. The van der Waals surface area contributed by atoms with E-state index in [9.17, 15) is 4.79 Å². The molecule has 7 heteroatoms. The molecule has 1 saturated heterocycles. The summed E-state index contributed by atoms with van der Waals surface area (Å²) in [5.41, 5.74) is 2.86. The van der Waals surface area contributed by atoms with Gasteiger partial charge in [0.2, 0.25) is 0 Å². The minimum atomic E-state index is -0.447. The van der Waals surface area contributed by atoms with Gasteiger partial charge >= 0.3 is 0 Å². The van der Waals surface area contributed by atoms with Crippen molar-refractivity contribution in [3.8, 4) is 11.5 Å². The SMILES string of the molecule is COc1cc(C2(NC(=O)c3cc(OC[C@@H]4CCN4C)ccc3C)CC2)c2ccc(Cl)nc2c1. The van der Waals surface area contributed by atoms with Gasteiger partial charge in [-0.25, -0.2) is 4.98 Å². The number of halogens is 1. The van der Waals surface area contributed by atoms with Gasteiger partial charge < -0.3 is 14.8 Å². The van der Waals surface area contributed by atoms with Gasteiger partial charge in [0.15, 0.2) is 0 Å². The number of carbonyl (C=O) groups excluding carboxylic acids is 1. The third kappa shape index (κ3) is 4.25. The van der Waals surface area contributed by atoms with E-state index < -0.39 is 5.54 Å². The Hall–Kier alpha value is -2.83. The Bertz CT molecular complexity index is 1220. The van der Waals surface area contributed by atoms with Crippen molar-refractivity contribution < 1.29 is 14.3 Å². The van der Waals surface area contributed by atoms with Gasteiger partial charge in [-0.2, -0.15) is 0 Å². The van der Waals surface area contributed by atoms with E-state index in [2.05, 4.69) is 22.2 Å². The van der Waals surface area contributed by atoms with E-state index in [0.717, 1.165) is 53.6 Å². The molecular weight excluding hydrogens is 438 g/mol. The number of fused-ring (bicyclic) bond motifs is 1. The van der Waals surface area contributed by atoms with Crippen molar-refractivity contribution >= 4 is 28.4 Å². The quantitative estimate of drug-likeness (QED) is 0.512. The molecule has 5 rings (SSSR count). The number of benzene rings is 2. The molecule has 172 valence electrons. The predicted octanol–water partition coefficient (Wildman–Crippen LogP) is 4.71. The Labute approximate surface area is 198 Å². The zero-order valence-corrected chi connectivity index (χ0v) is 19.9. The van der Waals surface area contributed by atoms with Crippen LogP contribution in [0.4, 0.5) is 0 Å². The van der Waals surface area contributed by atoms with Crippen LogP contribution in [0, 0.1) is 6.92 Å². The van der Waals surface area contributed by atoms with Crippen LogP contribution >= 0.6 is 11.6 Å². The number of amides is 1. The van der Waals surface area contributed by atoms with Gasteiger partial charge in [-0.05, 0) is 81.2 Å². The first-order chi connectivity index (χ1) is 15.9. The van der Waals surface area contributed by atoms with Gasteiger partial charge in [0.25, 0.3) is 5.91 Å². The molecule has 1 aromatic heterocycles. The van der Waals surface area contributed by atoms with Gasteiger partial charge in [-0.15, -0.1) is 0 Å². The zero-order valence-electron chi connectivity index (χ0n) is 19.2. The minimum Gasteiger partial charge on any atom is -0.497 e. The summed E-state index contributed by atoms with van der Waals surface area (Å²) in [6.45, 7) is 3.69. The van der Waals surface area contributed by atoms with Crippen molar-refractivity contribution in [3.05, 3.63) is 64.3 Å². The van der Waals surface area contributed by atoms with Crippen molar-refractivity contribution in [1.29, 1.82) is 0 Å². The van der Waals surface area contributed by atoms with Crippen molar-refractivity contribution in [3.63, 3.8) is 0 Å². The Kier molecular flexibility index (Phi) is 5.67. The summed E-state index contributed by atoms with van der Waals surface area (Å²) in [6.07, 6.45) is 2.85. The Morgan fingerprint density at radius 3 is 2.70 bits per heavy atom. The summed E-state index contributed by atoms with van der Waals surface area (Å²) in [5.74, 6) is 1.32. The number of likely N-dealkylation sites (tertiary alicyclic amines) is 1. The lowest BCUT2D eigenvalue weighted by Gasteiger charge is -2.37. The molecule has 0 unspecified atom stereocenters. The molecule has 33 heavy (non-hydrogen) atoms. The molecule has 0 spiro atoms. The lowest BCUT2D eigenvalue weighted by Crippen LogP contribution is -2.48. The minimum absolute atomic E-state index is 0.103. The molecule has 6 nitrogen and oxygen atoms in total. The van der Waals surface area contributed by atoms with Crippen LogP contribution < -0.4 is 14.8 Å². The molecule has 0 bridgehead atoms.